The van der Waals surface area contributed by atoms with Crippen LogP contribution in [0.3, 0.4) is 0 Å². The number of carbonyl (C=O) groups excluding carboxylic acids is 1. The van der Waals surface area contributed by atoms with Gasteiger partial charge in [-0.2, -0.15) is 0 Å². The van der Waals surface area contributed by atoms with E-state index in [4.69, 9.17) is 5.11 Å². The number of hydrogen-bond donors (Lipinski definition) is 2. The first-order chi connectivity index (χ1) is 9.45. The van der Waals surface area contributed by atoms with E-state index in [1.165, 1.54) is 12.1 Å². The SMILES string of the molecule is O=C(O)C(CF)NC(=O)C1CC1c1cccc(F)c1F. The Hall–Kier alpha value is -2.05. The molecule has 0 radical (unpaired) electrons. The second kappa shape index (κ2) is 5.52. The lowest BCUT2D eigenvalue weighted by Gasteiger charge is -2.10. The van der Waals surface area contributed by atoms with Gasteiger partial charge in [0.15, 0.2) is 17.7 Å². The summed E-state index contributed by atoms with van der Waals surface area (Å²) < 4.78 is 39.0. The molecule has 0 heterocycles. The average molecular weight is 287 g/mol. The summed E-state index contributed by atoms with van der Waals surface area (Å²) in [7, 11) is 0. The minimum Gasteiger partial charge on any atom is -0.480 e. The van der Waals surface area contributed by atoms with E-state index in [0.717, 1.165) is 6.07 Å². The highest BCUT2D eigenvalue weighted by molar-refractivity contribution is 5.87. The number of nitrogens with one attached hydrogen (secondary N) is 1. The largest absolute Gasteiger partial charge is 0.480 e. The first kappa shape index (κ1) is 14.4. The van der Waals surface area contributed by atoms with Gasteiger partial charge in [0, 0.05) is 5.92 Å². The van der Waals surface area contributed by atoms with Crippen molar-refractivity contribution in [3.05, 3.63) is 35.4 Å². The summed E-state index contributed by atoms with van der Waals surface area (Å²) in [4.78, 5) is 22.3. The molecule has 3 atom stereocenters. The number of amides is 1. The molecule has 0 spiro atoms. The normalized spacial score (nSPS) is 22.1. The molecular weight excluding hydrogens is 275 g/mol. The molecule has 4 nitrogen and oxygen atoms in total. The van der Waals surface area contributed by atoms with Crippen molar-refractivity contribution >= 4 is 11.9 Å². The van der Waals surface area contributed by atoms with E-state index < -0.39 is 48.1 Å². The van der Waals surface area contributed by atoms with Crippen molar-refractivity contribution in [2.75, 3.05) is 6.67 Å². The third-order valence-electron chi connectivity index (χ3n) is 3.28. The summed E-state index contributed by atoms with van der Waals surface area (Å²) in [6.07, 6.45) is 0.283. The Morgan fingerprint density at radius 3 is 2.70 bits per heavy atom. The van der Waals surface area contributed by atoms with Crippen LogP contribution in [0.1, 0.15) is 17.9 Å². The third kappa shape index (κ3) is 2.76. The smallest absolute Gasteiger partial charge is 0.328 e. The molecule has 2 rings (SSSR count). The molecule has 0 saturated heterocycles. The molecule has 0 bridgehead atoms. The molecule has 2 N–H and O–H groups in total. The number of hydrogen-bond acceptors (Lipinski definition) is 2. The van der Waals surface area contributed by atoms with Gasteiger partial charge in [-0.25, -0.2) is 18.0 Å². The molecule has 20 heavy (non-hydrogen) atoms. The molecule has 0 aromatic heterocycles. The summed E-state index contributed by atoms with van der Waals surface area (Å²) in [6, 6.07) is 2.07. The van der Waals surface area contributed by atoms with Gasteiger partial charge in [-0.05, 0) is 24.0 Å². The number of alkyl halides is 1. The second-order valence-electron chi connectivity index (χ2n) is 4.65. The number of carboxylic acids is 1. The zero-order valence-corrected chi connectivity index (χ0v) is 10.3. The van der Waals surface area contributed by atoms with Crippen LogP contribution in [0, 0.1) is 17.6 Å². The van der Waals surface area contributed by atoms with Crippen molar-refractivity contribution in [2.45, 2.75) is 18.4 Å². The Labute approximate surface area is 112 Å². The highest BCUT2D eigenvalue weighted by atomic mass is 19.2. The quantitative estimate of drug-likeness (QED) is 0.864. The maximum absolute atomic E-state index is 13.5. The lowest BCUT2D eigenvalue weighted by atomic mass is 10.1. The number of carbonyl (C=O) groups is 2. The van der Waals surface area contributed by atoms with Gasteiger partial charge < -0.3 is 10.4 Å². The highest BCUT2D eigenvalue weighted by Gasteiger charge is 2.46. The standard InChI is InChI=1S/C13H12F3NO3/c14-5-10(13(19)20)17-12(18)8-4-7(8)6-2-1-3-9(15)11(6)16/h1-3,7-8,10H,4-5H2,(H,17,18)(H,19,20). The van der Waals surface area contributed by atoms with Gasteiger partial charge in [0.2, 0.25) is 5.91 Å². The van der Waals surface area contributed by atoms with Gasteiger partial charge in [0.25, 0.3) is 0 Å². The van der Waals surface area contributed by atoms with Crippen molar-refractivity contribution in [2.24, 2.45) is 5.92 Å². The molecule has 7 heteroatoms. The maximum atomic E-state index is 13.5. The van der Waals surface area contributed by atoms with Gasteiger partial charge in [0.1, 0.15) is 6.67 Å². The zero-order valence-electron chi connectivity index (χ0n) is 10.3. The van der Waals surface area contributed by atoms with Gasteiger partial charge in [-0.15, -0.1) is 0 Å². The molecule has 1 fully saturated rings. The molecule has 1 amide bonds. The summed E-state index contributed by atoms with van der Waals surface area (Å²) >= 11 is 0. The van der Waals surface area contributed by atoms with E-state index >= 15 is 0 Å². The van der Waals surface area contributed by atoms with Crippen molar-refractivity contribution < 1.29 is 27.9 Å². The molecule has 1 aromatic carbocycles. The van der Waals surface area contributed by atoms with E-state index in [9.17, 15) is 22.8 Å². The van der Waals surface area contributed by atoms with Gasteiger partial charge in [-0.1, -0.05) is 12.1 Å². The topological polar surface area (TPSA) is 66.4 Å². The van der Waals surface area contributed by atoms with Crippen LogP contribution in [-0.2, 0) is 9.59 Å². The second-order valence-corrected chi connectivity index (χ2v) is 4.65. The summed E-state index contributed by atoms with van der Waals surface area (Å²) in [5.74, 6) is -5.30. The minimum atomic E-state index is -1.61. The van der Waals surface area contributed by atoms with E-state index in [1.54, 1.807) is 0 Å². The van der Waals surface area contributed by atoms with Crippen molar-refractivity contribution in [3.8, 4) is 0 Å². The Kier molecular flexibility index (Phi) is 3.96. The first-order valence-electron chi connectivity index (χ1n) is 5.98. The molecule has 1 aliphatic carbocycles. The van der Waals surface area contributed by atoms with Crippen molar-refractivity contribution in [3.63, 3.8) is 0 Å². The van der Waals surface area contributed by atoms with Crippen molar-refractivity contribution in [1.29, 1.82) is 0 Å². The Bertz CT molecular complexity index is 550. The van der Waals surface area contributed by atoms with Crippen LogP contribution in [0.2, 0.25) is 0 Å². The fraction of sp³-hybridized carbons (Fsp3) is 0.385. The van der Waals surface area contributed by atoms with Crippen LogP contribution in [0.5, 0.6) is 0 Å². The monoisotopic (exact) mass is 287 g/mol. The van der Waals surface area contributed by atoms with E-state index in [2.05, 4.69) is 0 Å². The van der Waals surface area contributed by atoms with Gasteiger partial charge in [-0.3, -0.25) is 4.79 Å². The van der Waals surface area contributed by atoms with Crippen LogP contribution in [0.15, 0.2) is 18.2 Å². The number of halogens is 3. The summed E-state index contributed by atoms with van der Waals surface area (Å²) in [6.45, 7) is -1.23. The fourth-order valence-electron chi connectivity index (χ4n) is 2.08. The van der Waals surface area contributed by atoms with Crippen LogP contribution in [-0.4, -0.2) is 29.7 Å². The number of aliphatic carboxylic acids is 1. The van der Waals surface area contributed by atoms with Gasteiger partial charge >= 0.3 is 5.97 Å². The Balaban J connectivity index is 2.02. The molecular formula is C13H12F3NO3. The van der Waals surface area contributed by atoms with Crippen molar-refractivity contribution in [1.82, 2.24) is 5.32 Å². The third-order valence-corrected chi connectivity index (χ3v) is 3.28. The molecule has 0 aliphatic heterocycles. The van der Waals surface area contributed by atoms with Crippen LogP contribution < -0.4 is 5.32 Å². The molecule has 1 aromatic rings. The van der Waals surface area contributed by atoms with Crippen LogP contribution in [0.25, 0.3) is 0 Å². The summed E-state index contributed by atoms with van der Waals surface area (Å²) in [5, 5.41) is 10.7. The Morgan fingerprint density at radius 1 is 1.40 bits per heavy atom. The fourth-order valence-corrected chi connectivity index (χ4v) is 2.08. The number of carboxylic acid groups (broad SMARTS) is 1. The van der Waals surface area contributed by atoms with E-state index in [1.807, 2.05) is 5.32 Å². The molecule has 1 aliphatic rings. The summed E-state index contributed by atoms with van der Waals surface area (Å²) in [5.41, 5.74) is 0.0808. The minimum absolute atomic E-state index is 0.0808. The maximum Gasteiger partial charge on any atom is 0.328 e. The molecule has 3 unspecified atom stereocenters. The van der Waals surface area contributed by atoms with Crippen LogP contribution >= 0.6 is 0 Å². The number of rotatable bonds is 5. The lowest BCUT2D eigenvalue weighted by molar-refractivity contribution is -0.142. The highest BCUT2D eigenvalue weighted by Crippen LogP contribution is 2.48. The number of benzene rings is 1. The zero-order chi connectivity index (χ0) is 14.9. The predicted molar refractivity (Wildman–Crippen MR) is 62.7 cm³/mol. The van der Waals surface area contributed by atoms with E-state index in [0.29, 0.717) is 0 Å². The van der Waals surface area contributed by atoms with Crippen LogP contribution in [0.4, 0.5) is 13.2 Å². The molecule has 1 saturated carbocycles. The van der Waals surface area contributed by atoms with Gasteiger partial charge in [0.05, 0.1) is 0 Å². The Morgan fingerprint density at radius 2 is 2.10 bits per heavy atom. The predicted octanol–water partition coefficient (Wildman–Crippen LogP) is 1.61. The van der Waals surface area contributed by atoms with E-state index in [-0.39, 0.29) is 12.0 Å². The molecule has 108 valence electrons. The first-order valence-corrected chi connectivity index (χ1v) is 5.98. The lowest BCUT2D eigenvalue weighted by Crippen LogP contribution is -2.43. The average Bonchev–Trinajstić information content (AvgIpc) is 3.18.